The van der Waals surface area contributed by atoms with Crippen molar-refractivity contribution < 1.29 is 18.7 Å². The summed E-state index contributed by atoms with van der Waals surface area (Å²) in [5.74, 6) is 0.630. The number of rotatable bonds is 10. The molecule has 0 bridgehead atoms. The van der Waals surface area contributed by atoms with E-state index < -0.39 is 5.91 Å². The average molecular weight is 721 g/mol. The van der Waals surface area contributed by atoms with Crippen LogP contribution >= 0.6 is 38.5 Å². The molecule has 3 aromatic carbocycles. The highest BCUT2D eigenvalue weighted by atomic mass is 127. The van der Waals surface area contributed by atoms with Crippen molar-refractivity contribution in [1.82, 2.24) is 9.66 Å². The van der Waals surface area contributed by atoms with E-state index >= 15 is 0 Å². The van der Waals surface area contributed by atoms with Crippen LogP contribution in [-0.4, -0.2) is 35.0 Å². The summed E-state index contributed by atoms with van der Waals surface area (Å²) in [6.07, 6.45) is 2.37. The number of anilines is 1. The van der Waals surface area contributed by atoms with E-state index in [0.717, 1.165) is 10.9 Å². The largest absolute Gasteiger partial charge is 0.490 e. The molecule has 0 saturated heterocycles. The van der Waals surface area contributed by atoms with Crippen molar-refractivity contribution in [3.8, 4) is 11.5 Å². The number of fused-ring (bicyclic) bond motifs is 1. The van der Waals surface area contributed by atoms with Crippen LogP contribution in [0.5, 0.6) is 11.5 Å². The van der Waals surface area contributed by atoms with E-state index in [9.17, 15) is 14.0 Å². The summed E-state index contributed by atoms with van der Waals surface area (Å²) in [6, 6.07) is 14.4. The molecular formula is C29H27BrFIN4O4. The lowest BCUT2D eigenvalue weighted by molar-refractivity contribution is -0.118. The molecule has 0 aliphatic heterocycles. The maximum absolute atomic E-state index is 13.4. The van der Waals surface area contributed by atoms with E-state index in [2.05, 4.69) is 48.9 Å². The van der Waals surface area contributed by atoms with E-state index in [1.807, 2.05) is 39.0 Å². The molecule has 0 fully saturated rings. The van der Waals surface area contributed by atoms with Gasteiger partial charge in [-0.15, -0.1) is 0 Å². The smallest absolute Gasteiger partial charge is 0.282 e. The van der Waals surface area contributed by atoms with Gasteiger partial charge in [-0.1, -0.05) is 29.8 Å². The first kappa shape index (κ1) is 29.7. The molecule has 11 heteroatoms. The Morgan fingerprint density at radius 3 is 2.62 bits per heavy atom. The highest BCUT2D eigenvalue weighted by Crippen LogP contribution is 2.34. The lowest BCUT2D eigenvalue weighted by Crippen LogP contribution is -2.23. The molecule has 1 N–H and O–H groups in total. The third kappa shape index (κ3) is 7.05. The Kier molecular flexibility index (Phi) is 9.90. The molecule has 4 rings (SSSR count). The first-order valence-corrected chi connectivity index (χ1v) is 14.5. The van der Waals surface area contributed by atoms with Crippen molar-refractivity contribution in [3.05, 3.63) is 90.2 Å². The van der Waals surface area contributed by atoms with Gasteiger partial charge >= 0.3 is 0 Å². The van der Waals surface area contributed by atoms with Crippen LogP contribution in [0.4, 0.5) is 10.1 Å². The summed E-state index contributed by atoms with van der Waals surface area (Å²) in [4.78, 5) is 30.6. The predicted molar refractivity (Wildman–Crippen MR) is 166 cm³/mol. The first-order chi connectivity index (χ1) is 19.2. The summed E-state index contributed by atoms with van der Waals surface area (Å²) in [5.41, 5.74) is 1.49. The zero-order valence-electron chi connectivity index (χ0n) is 22.1. The van der Waals surface area contributed by atoms with E-state index in [1.165, 1.54) is 28.9 Å². The van der Waals surface area contributed by atoms with Gasteiger partial charge in [-0.25, -0.2) is 9.37 Å². The van der Waals surface area contributed by atoms with E-state index in [-0.39, 0.29) is 23.9 Å². The average Bonchev–Trinajstić information content (AvgIpc) is 2.93. The topological polar surface area (TPSA) is 94.8 Å². The SMILES string of the molecule is CCOc1cc(C=Nn2c([C@@H](C)CC)nc3ccc(Br)cc3c2=O)cc(I)c1OCC(=O)Nc1ccc(F)cc1. The van der Waals surface area contributed by atoms with Gasteiger partial charge in [0.1, 0.15) is 11.6 Å². The summed E-state index contributed by atoms with van der Waals surface area (Å²) < 4.78 is 27.5. The molecule has 40 heavy (non-hydrogen) atoms. The number of benzene rings is 3. The molecule has 0 aliphatic carbocycles. The number of amides is 1. The Hall–Kier alpha value is -3.32. The molecule has 4 aromatic rings. The fraction of sp³-hybridized carbons (Fsp3) is 0.241. The summed E-state index contributed by atoms with van der Waals surface area (Å²) in [7, 11) is 0. The van der Waals surface area contributed by atoms with Crippen LogP contribution in [0.1, 0.15) is 44.5 Å². The van der Waals surface area contributed by atoms with Crippen molar-refractivity contribution in [2.75, 3.05) is 18.5 Å². The third-order valence-electron chi connectivity index (χ3n) is 6.02. The van der Waals surface area contributed by atoms with Crippen LogP contribution in [0.3, 0.4) is 0 Å². The van der Waals surface area contributed by atoms with Gasteiger partial charge in [-0.2, -0.15) is 9.78 Å². The predicted octanol–water partition coefficient (Wildman–Crippen LogP) is 6.71. The monoisotopic (exact) mass is 720 g/mol. The lowest BCUT2D eigenvalue weighted by Gasteiger charge is -2.15. The summed E-state index contributed by atoms with van der Waals surface area (Å²) in [6.45, 7) is 5.98. The van der Waals surface area contributed by atoms with Gasteiger partial charge < -0.3 is 14.8 Å². The Morgan fingerprint density at radius 2 is 1.93 bits per heavy atom. The van der Waals surface area contributed by atoms with Crippen LogP contribution in [-0.2, 0) is 4.79 Å². The molecule has 1 aromatic heterocycles. The number of hydrogen-bond donors (Lipinski definition) is 1. The molecule has 0 aliphatic rings. The third-order valence-corrected chi connectivity index (χ3v) is 7.31. The Balaban J connectivity index is 1.62. The lowest BCUT2D eigenvalue weighted by atomic mass is 10.1. The molecule has 0 radical (unpaired) electrons. The summed E-state index contributed by atoms with van der Waals surface area (Å²) >= 11 is 5.52. The standard InChI is InChI=1S/C29H27BrFIN4O4/c1-4-17(3)28-35-24-11-6-19(30)14-22(24)29(38)36(28)33-15-18-12-23(32)27(25(13-18)39-5-2)40-16-26(37)34-21-9-7-20(31)8-10-21/h6-15,17H,4-5,16H2,1-3H3,(H,34,37)/t17-/m0/s1. The Bertz CT molecular complexity index is 1630. The van der Waals surface area contributed by atoms with Gasteiger partial charge in [0.2, 0.25) is 0 Å². The zero-order valence-corrected chi connectivity index (χ0v) is 25.8. The number of halogens is 3. The van der Waals surface area contributed by atoms with Crippen LogP contribution in [0.15, 0.2) is 69.0 Å². The van der Waals surface area contributed by atoms with Crippen LogP contribution in [0.25, 0.3) is 10.9 Å². The minimum Gasteiger partial charge on any atom is -0.490 e. The number of aromatic nitrogens is 2. The molecule has 0 unspecified atom stereocenters. The second-order valence-electron chi connectivity index (χ2n) is 8.91. The zero-order chi connectivity index (χ0) is 28.8. The highest BCUT2D eigenvalue weighted by molar-refractivity contribution is 14.1. The van der Waals surface area contributed by atoms with E-state index in [1.54, 1.807) is 18.3 Å². The van der Waals surface area contributed by atoms with Crippen molar-refractivity contribution in [1.29, 1.82) is 0 Å². The van der Waals surface area contributed by atoms with Crippen molar-refractivity contribution in [2.45, 2.75) is 33.1 Å². The van der Waals surface area contributed by atoms with Gasteiger partial charge in [-0.05, 0) is 96.1 Å². The van der Waals surface area contributed by atoms with Crippen molar-refractivity contribution >= 4 is 67.2 Å². The number of carbonyl (C=O) groups excluding carboxylic acids is 1. The van der Waals surface area contributed by atoms with E-state index in [4.69, 9.17) is 14.5 Å². The highest BCUT2D eigenvalue weighted by Gasteiger charge is 2.17. The molecular weight excluding hydrogens is 694 g/mol. The van der Waals surface area contributed by atoms with Crippen molar-refractivity contribution in [2.24, 2.45) is 5.10 Å². The number of ether oxygens (including phenoxy) is 2. The molecule has 0 spiro atoms. The quantitative estimate of drug-likeness (QED) is 0.145. The fourth-order valence-electron chi connectivity index (χ4n) is 3.84. The van der Waals surface area contributed by atoms with Crippen LogP contribution in [0, 0.1) is 9.39 Å². The molecule has 1 heterocycles. The number of nitrogens with zero attached hydrogens (tertiary/aromatic N) is 3. The second-order valence-corrected chi connectivity index (χ2v) is 11.0. The first-order valence-electron chi connectivity index (χ1n) is 12.6. The van der Waals surface area contributed by atoms with Crippen LogP contribution in [0.2, 0.25) is 0 Å². The number of hydrogen-bond acceptors (Lipinski definition) is 6. The molecule has 8 nitrogen and oxygen atoms in total. The molecule has 208 valence electrons. The maximum atomic E-state index is 13.4. The van der Waals surface area contributed by atoms with Gasteiger partial charge in [-0.3, -0.25) is 9.59 Å². The number of nitrogens with one attached hydrogen (secondary N) is 1. The van der Waals surface area contributed by atoms with Crippen molar-refractivity contribution in [3.63, 3.8) is 0 Å². The van der Waals surface area contributed by atoms with Gasteiger partial charge in [0.05, 0.1) is 27.3 Å². The fourth-order valence-corrected chi connectivity index (χ4v) is 4.98. The minimum atomic E-state index is -0.400. The van der Waals surface area contributed by atoms with Gasteiger partial charge in [0, 0.05) is 16.1 Å². The van der Waals surface area contributed by atoms with Gasteiger partial charge in [0.25, 0.3) is 11.5 Å². The number of carbonyl (C=O) groups is 1. The summed E-state index contributed by atoms with van der Waals surface area (Å²) in [5, 5.41) is 7.66. The maximum Gasteiger partial charge on any atom is 0.282 e. The minimum absolute atomic E-state index is 0.00819. The molecule has 0 saturated carbocycles. The van der Waals surface area contributed by atoms with Crippen LogP contribution < -0.4 is 20.3 Å². The Morgan fingerprint density at radius 1 is 1.18 bits per heavy atom. The Labute approximate surface area is 252 Å². The van der Waals surface area contributed by atoms with E-state index in [0.29, 0.717) is 49.7 Å². The molecule has 1 amide bonds. The normalized spacial score (nSPS) is 12.1. The van der Waals surface area contributed by atoms with Gasteiger partial charge in [0.15, 0.2) is 18.1 Å². The second kappa shape index (κ2) is 13.4. The molecule has 1 atom stereocenters.